The van der Waals surface area contributed by atoms with Gasteiger partial charge in [0.1, 0.15) is 18.3 Å². The quantitative estimate of drug-likeness (QED) is 0.0973. The molecule has 10 atom stereocenters. The molecule has 13 heteroatoms. The minimum absolute atomic E-state index is 0.0784. The van der Waals surface area contributed by atoms with Gasteiger partial charge in [-0.05, 0) is 19.7 Å². The average Bonchev–Trinajstić information content (AvgIpc) is 2.70. The molecule has 2 rings (SSSR count). The van der Waals surface area contributed by atoms with Gasteiger partial charge in [0.2, 0.25) is 13.4 Å². The van der Waals surface area contributed by atoms with E-state index in [0.29, 0.717) is 0 Å². The zero-order valence-electron chi connectivity index (χ0n) is 17.7. The number of aliphatic hydroxyl groups excluding tert-OH is 2. The predicted molar refractivity (Wildman–Crippen MR) is 106 cm³/mol. The van der Waals surface area contributed by atoms with E-state index < -0.39 is 55.1 Å². The normalized spacial score (nSPS) is 43.0. The fourth-order valence-corrected chi connectivity index (χ4v) is 4.13. The molecule has 0 saturated carbocycles. The van der Waals surface area contributed by atoms with Gasteiger partial charge in [-0.2, -0.15) is 0 Å². The molecule has 2 fully saturated rings. The van der Waals surface area contributed by atoms with Gasteiger partial charge in [-0.25, -0.2) is 0 Å². The van der Waals surface area contributed by atoms with Crippen molar-refractivity contribution >= 4 is 24.9 Å². The van der Waals surface area contributed by atoms with Gasteiger partial charge < -0.3 is 33.3 Å². The van der Waals surface area contributed by atoms with Crippen molar-refractivity contribution in [3.05, 3.63) is 10.4 Å². The van der Waals surface area contributed by atoms with Crippen molar-refractivity contribution < 1.29 is 33.3 Å². The van der Waals surface area contributed by atoms with Gasteiger partial charge in [-0.15, -0.1) is 0 Å². The Morgan fingerprint density at radius 1 is 1.31 bits per heavy atom. The second-order valence-electron chi connectivity index (χ2n) is 7.27. The maximum Gasteiger partial charge on any atom is 0.228 e. The number of ether oxygens (including phenoxy) is 4. The Morgan fingerprint density at radius 3 is 2.62 bits per heavy atom. The molecule has 163 valence electrons. The van der Waals surface area contributed by atoms with Crippen LogP contribution in [-0.2, 0) is 23.1 Å². The number of nitrogens with one attached hydrogen (secondary N) is 1. The van der Waals surface area contributed by atoms with Crippen LogP contribution < -0.4 is 0 Å². The third-order valence-corrected chi connectivity index (χ3v) is 5.61. The largest absolute Gasteiger partial charge is 0.450 e. The fourth-order valence-electron chi connectivity index (χ4n) is 3.70. The van der Waals surface area contributed by atoms with Gasteiger partial charge in [0.05, 0.1) is 24.9 Å². The highest BCUT2D eigenvalue weighted by Crippen LogP contribution is 2.36. The molecule has 0 aromatic carbocycles. The summed E-state index contributed by atoms with van der Waals surface area (Å²) in [5.41, 5.74) is 9.02. The van der Waals surface area contributed by atoms with Crippen molar-refractivity contribution in [1.29, 1.82) is 6.74 Å². The zero-order valence-corrected chi connectivity index (χ0v) is 17.6. The summed E-state index contributed by atoms with van der Waals surface area (Å²) in [6, 6.07) is -0.775. The average molecular weight is 433 g/mol. The SMILES string of the molecule is [3H][B]SO[C@H]1C(CO)O[C@@H](O[C@H]2C(C)O[C@@H](OC(C)=N)C(O)[C@H]2C)C(N=[N+]=[N-])[C@H]1C. The van der Waals surface area contributed by atoms with Gasteiger partial charge in [0.25, 0.3) is 0 Å². The fraction of sp³-hybridized carbons (Fsp3) is 0.938. The molecule has 1 radical (unpaired) electrons. The van der Waals surface area contributed by atoms with Crippen molar-refractivity contribution in [2.75, 3.05) is 6.61 Å². The Bertz CT molecular complexity index is 634. The first-order chi connectivity index (χ1) is 14.2. The van der Waals surface area contributed by atoms with Gasteiger partial charge in [-0.1, -0.05) is 30.9 Å². The summed E-state index contributed by atoms with van der Waals surface area (Å²) in [5, 5.41) is 31.5. The molecule has 0 aromatic heterocycles. The van der Waals surface area contributed by atoms with E-state index in [1.807, 2.05) is 0 Å². The summed E-state index contributed by atoms with van der Waals surface area (Å²) >= 11 is 0.791. The van der Waals surface area contributed by atoms with Crippen LogP contribution in [0.2, 0.25) is 0 Å². The van der Waals surface area contributed by atoms with E-state index in [-0.39, 0.29) is 18.4 Å². The lowest BCUT2D eigenvalue weighted by atomic mass is 9.88. The lowest BCUT2D eigenvalue weighted by Crippen LogP contribution is -2.59. The third-order valence-electron chi connectivity index (χ3n) is 5.27. The number of rotatable bonds is 8. The second kappa shape index (κ2) is 10.8. The number of aliphatic hydroxyl groups is 2. The molecular formula is C16H28BN4O7S. The summed E-state index contributed by atoms with van der Waals surface area (Å²) in [5.74, 6) is -0.912. The highest BCUT2D eigenvalue weighted by molar-refractivity contribution is 8.15. The van der Waals surface area contributed by atoms with Crippen LogP contribution in [0.5, 0.6) is 0 Å². The lowest BCUT2D eigenvalue weighted by molar-refractivity contribution is -0.317. The van der Waals surface area contributed by atoms with Crippen molar-refractivity contribution in [3.8, 4) is 0 Å². The summed E-state index contributed by atoms with van der Waals surface area (Å²) < 4.78 is 35.5. The first kappa shape index (κ1) is 22.6. The van der Waals surface area contributed by atoms with Crippen molar-refractivity contribution in [2.24, 2.45) is 17.0 Å². The van der Waals surface area contributed by atoms with E-state index in [1.54, 1.807) is 20.8 Å². The van der Waals surface area contributed by atoms with Crippen LogP contribution in [0.3, 0.4) is 0 Å². The lowest BCUT2D eigenvalue weighted by Gasteiger charge is -2.47. The number of azide groups is 1. The monoisotopic (exact) mass is 433 g/mol. The van der Waals surface area contributed by atoms with Crippen LogP contribution in [0.4, 0.5) is 0 Å². The maximum absolute atomic E-state index is 10.5. The van der Waals surface area contributed by atoms with Crippen LogP contribution in [0.1, 0.15) is 27.7 Å². The number of hydrogen-bond donors (Lipinski definition) is 3. The molecule has 29 heavy (non-hydrogen) atoms. The molecule has 2 aliphatic heterocycles. The third kappa shape index (κ3) is 5.56. The van der Waals surface area contributed by atoms with Crippen molar-refractivity contribution in [3.63, 3.8) is 0 Å². The summed E-state index contributed by atoms with van der Waals surface area (Å²) in [7, 11) is 1.00. The first-order valence-corrected chi connectivity index (χ1v) is 10.1. The second-order valence-corrected chi connectivity index (χ2v) is 7.66. The first-order valence-electron chi connectivity index (χ1n) is 9.86. The Labute approximate surface area is 176 Å². The zero-order chi connectivity index (χ0) is 22.4. The molecule has 0 spiro atoms. The summed E-state index contributed by atoms with van der Waals surface area (Å²) in [6.07, 6.45) is -5.61. The van der Waals surface area contributed by atoms with Crippen LogP contribution in [0.25, 0.3) is 10.4 Å². The Kier molecular flexibility index (Phi) is 8.45. The Balaban J connectivity index is 2.18. The molecule has 0 bridgehead atoms. The minimum atomic E-state index is -1.06. The van der Waals surface area contributed by atoms with Crippen LogP contribution >= 0.6 is 11.9 Å². The van der Waals surface area contributed by atoms with Crippen molar-refractivity contribution in [2.45, 2.75) is 76.8 Å². The maximum atomic E-state index is 10.5. The van der Waals surface area contributed by atoms with E-state index in [4.69, 9.17) is 35.4 Å². The highest BCUT2D eigenvalue weighted by Gasteiger charge is 2.49. The van der Waals surface area contributed by atoms with E-state index in [2.05, 4.69) is 10.0 Å². The van der Waals surface area contributed by atoms with Gasteiger partial charge >= 0.3 is 0 Å². The van der Waals surface area contributed by atoms with Gasteiger partial charge in [0.15, 0.2) is 12.2 Å². The van der Waals surface area contributed by atoms with Crippen LogP contribution in [-0.4, -0.2) is 80.3 Å². The van der Waals surface area contributed by atoms with E-state index >= 15 is 0 Å². The minimum Gasteiger partial charge on any atom is -0.450 e. The molecule has 2 aliphatic rings. The molecule has 3 N–H and O–H groups in total. The molecule has 2 heterocycles. The molecule has 4 unspecified atom stereocenters. The molecule has 0 aliphatic carbocycles. The molecular weight excluding hydrogens is 403 g/mol. The van der Waals surface area contributed by atoms with Gasteiger partial charge in [0, 0.05) is 17.8 Å². The smallest absolute Gasteiger partial charge is 0.228 e. The number of nitrogens with zero attached hydrogens (tertiary/aromatic N) is 3. The summed E-state index contributed by atoms with van der Waals surface area (Å²) in [6.45, 7) is 6.37. The van der Waals surface area contributed by atoms with Crippen molar-refractivity contribution in [1.82, 2.24) is 0 Å². The van der Waals surface area contributed by atoms with Gasteiger partial charge in [-0.3, -0.25) is 5.41 Å². The highest BCUT2D eigenvalue weighted by atomic mass is 32.2. The van der Waals surface area contributed by atoms with E-state index in [9.17, 15) is 10.2 Å². The van der Waals surface area contributed by atoms with Crippen LogP contribution in [0, 0.1) is 17.2 Å². The Hall–Kier alpha value is -1.05. The van der Waals surface area contributed by atoms with Crippen LogP contribution in [0.15, 0.2) is 5.11 Å². The standard InChI is InChI=1S/C16H28BN4O7S/c1-6-11(20-21-19)15(26-10(5-22)14(6)28-29-17)27-13-7(2)12(23)16(24-8(13)3)25-9(4)18/h6-8,10-18,22-23H,5H2,1-4H3/t6-,7-,8?,10?,11?,12?,13-,14-,15+,16+/m1/s1/i17T. The molecule has 0 aromatic rings. The van der Waals surface area contributed by atoms with E-state index in [1.165, 1.54) is 6.92 Å². The van der Waals surface area contributed by atoms with E-state index in [0.717, 1.165) is 19.0 Å². The molecule has 0 amide bonds. The Morgan fingerprint density at radius 2 is 2.03 bits per heavy atom. The summed E-state index contributed by atoms with van der Waals surface area (Å²) in [4.78, 5) is 2.89. The number of hydrogen-bond acceptors (Lipinski definition) is 10. The topological polar surface area (TPSA) is 159 Å². The molecule has 2 saturated heterocycles. The molecule has 11 nitrogen and oxygen atoms in total. The predicted octanol–water partition coefficient (Wildman–Crippen LogP) is 1.01.